The second kappa shape index (κ2) is 32.8. The van der Waals surface area contributed by atoms with Crippen molar-refractivity contribution in [1.29, 1.82) is 0 Å². The van der Waals surface area contributed by atoms with Crippen molar-refractivity contribution in [2.75, 3.05) is 0 Å². The summed E-state index contributed by atoms with van der Waals surface area (Å²) in [6.45, 7) is 4.74. The lowest BCUT2D eigenvalue weighted by atomic mass is 9.80. The molecule has 0 spiro atoms. The highest BCUT2D eigenvalue weighted by Crippen LogP contribution is 2.55. The molecule has 0 bridgehead atoms. The first-order valence-corrected chi connectivity index (χ1v) is 51.6. The molecule has 0 atom stereocenters. The van der Waals surface area contributed by atoms with E-state index < -0.39 is 0 Å². The van der Waals surface area contributed by atoms with Crippen LogP contribution in [0.2, 0.25) is 0 Å². The van der Waals surface area contributed by atoms with Gasteiger partial charge in [-0.05, 0) is 138 Å². The summed E-state index contributed by atoms with van der Waals surface area (Å²) >= 11 is 7.08. The van der Waals surface area contributed by atoms with Gasteiger partial charge >= 0.3 is 0 Å². The maximum atomic E-state index is 5.30. The minimum atomic E-state index is -0.108. The lowest BCUT2D eigenvalue weighted by Crippen LogP contribution is -2.15. The van der Waals surface area contributed by atoms with Crippen LogP contribution in [0.5, 0.6) is 0 Å². The molecule has 11 aromatic heterocycles. The molecule has 0 fully saturated rings. The van der Waals surface area contributed by atoms with E-state index in [1.54, 1.807) is 34.0 Å². The summed E-state index contributed by atoms with van der Waals surface area (Å²) in [5.41, 5.74) is 28.5. The standard InChI is InChI=1S/C46H28N4S.C43H29N3S.C40H23N3S2/c1-3-14-29(15-4-1)43-42-36-22-9-12-25-40(36)51-46(42)48-45(47-43)30-16-13-19-32(28-30)49-38-24-11-8-21-35(38)41-39(49)27-26-34-33-20-7-10-23-37(33)50(44(34)41)31-17-5-2-6-18-31;1-43(2)33-20-9-6-17-29(33)30-23-24-35-37(39(30)43)31-18-7-10-21-34(31)46(35)28-16-12-15-27(25-28)41-44-40(26-13-4-3-5-14-26)38-32-19-8-11-22-36(32)47-42(38)45-41;1-2-11-24(12-3-1)37-36-30-17-6-9-20-34(30)45-40(36)42-39(41-37)25-13-10-14-26(23-25)43-31-18-7-4-16-29(31)35-32(43)22-21-28-27-15-5-8-19-33(27)44-38(28)35/h1-28H;3-25H,1-2H3;1-23H. The van der Waals surface area contributed by atoms with E-state index >= 15 is 0 Å². The predicted octanol–water partition coefficient (Wildman–Crippen LogP) is 35.6. The van der Waals surface area contributed by atoms with Gasteiger partial charge in [0.1, 0.15) is 14.5 Å². The Balaban J connectivity index is 0.000000102. The van der Waals surface area contributed by atoms with Crippen molar-refractivity contribution in [2.24, 2.45) is 0 Å². The lowest BCUT2D eigenvalue weighted by molar-refractivity contribution is 0.666. The average Bonchev–Trinajstić information content (AvgIpc) is 1.54. The fourth-order valence-corrected chi connectivity index (χ4v) is 27.3. The normalized spacial score (nSPS) is 12.5. The maximum Gasteiger partial charge on any atom is 0.161 e. The van der Waals surface area contributed by atoms with Gasteiger partial charge in [0.05, 0.1) is 61.2 Å². The largest absolute Gasteiger partial charge is 0.309 e. The van der Waals surface area contributed by atoms with Crippen LogP contribution < -0.4 is 0 Å². The van der Waals surface area contributed by atoms with Crippen LogP contribution in [0.3, 0.4) is 0 Å². The number of rotatable bonds is 10. The van der Waals surface area contributed by atoms with Crippen LogP contribution in [0.4, 0.5) is 0 Å². The SMILES string of the molecule is CC1(C)c2ccccc2-c2ccc3c(c21)c1ccccc1n3-c1cccc(-c2nc(-c3ccccc3)c3c(n2)sc2ccccc23)c1.c1ccc(-c2nc(-c3cccc(-n4c5ccccc5c5c4ccc4c6ccccc6n(-c6ccccc6)c45)c3)nc3sc4ccccc4c23)cc1.c1ccc(-c2nc(-c3cccc(-n4c5ccccc5c5c6sc7ccccc7c6ccc54)c3)nc3sc4ccccc4c23)cc1. The quantitative estimate of drug-likeness (QED) is 0.135. The summed E-state index contributed by atoms with van der Waals surface area (Å²) in [7, 11) is 0. The van der Waals surface area contributed by atoms with Crippen LogP contribution in [0, 0.1) is 0 Å². The minimum absolute atomic E-state index is 0.108. The van der Waals surface area contributed by atoms with Gasteiger partial charge in [-0.3, -0.25) is 0 Å². The summed E-state index contributed by atoms with van der Waals surface area (Å²) in [4.78, 5) is 34.5. The van der Waals surface area contributed by atoms with Crippen molar-refractivity contribution in [2.45, 2.75) is 19.3 Å². The first-order chi connectivity index (χ1) is 70.7. The van der Waals surface area contributed by atoms with E-state index in [2.05, 4.69) is 481 Å². The number of hydrogen-bond acceptors (Lipinski definition) is 10. The summed E-state index contributed by atoms with van der Waals surface area (Å²) in [6, 6.07) is 161. The van der Waals surface area contributed by atoms with Gasteiger partial charge < -0.3 is 18.3 Å². The Morgan fingerprint density at radius 2 is 0.531 bits per heavy atom. The van der Waals surface area contributed by atoms with Gasteiger partial charge in [0.15, 0.2) is 17.5 Å². The third kappa shape index (κ3) is 13.0. The minimum Gasteiger partial charge on any atom is -0.309 e. The van der Waals surface area contributed by atoms with Gasteiger partial charge in [0.2, 0.25) is 0 Å². The molecule has 0 aliphatic heterocycles. The first-order valence-electron chi connectivity index (χ1n) is 48.3. The predicted molar refractivity (Wildman–Crippen MR) is 605 cm³/mol. The van der Waals surface area contributed by atoms with Crippen molar-refractivity contribution in [3.63, 3.8) is 0 Å². The molecule has 14 heteroatoms. The van der Waals surface area contributed by atoms with Gasteiger partial charge in [-0.15, -0.1) is 45.3 Å². The maximum absolute atomic E-state index is 5.30. The molecule has 0 unspecified atom stereocenters. The Morgan fingerprint density at radius 3 is 0.993 bits per heavy atom. The molecule has 1 aliphatic rings. The second-order valence-electron chi connectivity index (χ2n) is 37.4. The molecule has 30 aromatic rings. The van der Waals surface area contributed by atoms with E-state index in [0.717, 1.165) is 132 Å². The molecule has 19 aromatic carbocycles. The van der Waals surface area contributed by atoms with Crippen molar-refractivity contribution < 1.29 is 0 Å². The van der Waals surface area contributed by atoms with Crippen LogP contribution in [0.15, 0.2) is 449 Å². The molecule has 0 saturated heterocycles. The molecule has 11 heterocycles. The monoisotopic (exact) mass is 1900 g/mol. The van der Waals surface area contributed by atoms with E-state index in [1.807, 2.05) is 11.3 Å². The van der Waals surface area contributed by atoms with Crippen molar-refractivity contribution in [3.05, 3.63) is 460 Å². The zero-order valence-electron chi connectivity index (χ0n) is 77.3. The summed E-state index contributed by atoms with van der Waals surface area (Å²) < 4.78 is 16.0. The summed E-state index contributed by atoms with van der Waals surface area (Å²) in [5.74, 6) is 2.20. The molecule has 0 radical (unpaired) electrons. The number of para-hydroxylation sites is 5. The van der Waals surface area contributed by atoms with Crippen LogP contribution in [0.25, 0.3) is 270 Å². The Morgan fingerprint density at radius 1 is 0.203 bits per heavy atom. The first kappa shape index (κ1) is 82.6. The topological polar surface area (TPSA) is 97.1 Å². The molecular formula is C129H80N10S4. The molecule has 670 valence electrons. The third-order valence-corrected chi connectivity index (χ3v) is 33.4. The highest BCUT2D eigenvalue weighted by molar-refractivity contribution is 7.27. The Labute approximate surface area is 836 Å². The molecule has 0 N–H and O–H groups in total. The van der Waals surface area contributed by atoms with Crippen LogP contribution >= 0.6 is 45.3 Å². The Hall–Kier alpha value is -17.5. The van der Waals surface area contributed by atoms with Crippen LogP contribution in [-0.2, 0) is 5.41 Å². The lowest BCUT2D eigenvalue weighted by Gasteiger charge is -2.22. The highest BCUT2D eigenvalue weighted by Gasteiger charge is 2.39. The molecule has 143 heavy (non-hydrogen) atoms. The molecular weight excluding hydrogens is 1820 g/mol. The fourth-order valence-electron chi connectivity index (χ4n) is 22.8. The second-order valence-corrected chi connectivity index (χ2v) is 41.5. The molecule has 10 nitrogen and oxygen atoms in total. The van der Waals surface area contributed by atoms with E-state index in [0.29, 0.717) is 0 Å². The van der Waals surface area contributed by atoms with Gasteiger partial charge in [-0.2, -0.15) is 0 Å². The fraction of sp³-hybridized carbons (Fsp3) is 0.0233. The number of thiophene rings is 4. The number of nitrogens with zero attached hydrogens (tertiary/aromatic N) is 10. The van der Waals surface area contributed by atoms with Crippen molar-refractivity contribution in [1.82, 2.24) is 48.2 Å². The van der Waals surface area contributed by atoms with Gasteiger partial charge in [0.25, 0.3) is 0 Å². The number of fused-ring (bicyclic) bond motifs is 30. The van der Waals surface area contributed by atoms with E-state index in [9.17, 15) is 0 Å². The molecule has 1 aliphatic carbocycles. The van der Waals surface area contributed by atoms with Gasteiger partial charge in [-0.1, -0.05) is 347 Å². The van der Waals surface area contributed by atoms with E-state index in [4.69, 9.17) is 29.9 Å². The molecule has 31 rings (SSSR count). The zero-order valence-corrected chi connectivity index (χ0v) is 80.6. The summed E-state index contributed by atoms with van der Waals surface area (Å²) in [5, 5.41) is 19.7. The van der Waals surface area contributed by atoms with E-state index in [-0.39, 0.29) is 5.41 Å². The van der Waals surface area contributed by atoms with Crippen molar-refractivity contribution in [3.8, 4) is 102 Å². The smallest absolute Gasteiger partial charge is 0.161 e. The van der Waals surface area contributed by atoms with Crippen LogP contribution in [-0.4, -0.2) is 48.2 Å². The number of aromatic nitrogens is 10. The molecule has 0 saturated carbocycles. The third-order valence-electron chi connectivity index (χ3n) is 29.0. The van der Waals surface area contributed by atoms with Gasteiger partial charge in [-0.25, -0.2) is 29.9 Å². The van der Waals surface area contributed by atoms with Crippen LogP contribution in [0.1, 0.15) is 25.0 Å². The average molecular weight is 1900 g/mol. The molecule has 0 amide bonds. The summed E-state index contributed by atoms with van der Waals surface area (Å²) in [6.07, 6.45) is 0. The Bertz CT molecular complexity index is 10500. The van der Waals surface area contributed by atoms with Gasteiger partial charge in [0, 0.05) is 171 Å². The zero-order chi connectivity index (χ0) is 94.2. The highest BCUT2D eigenvalue weighted by atomic mass is 32.1. The Kier molecular flexibility index (Phi) is 19.0. The van der Waals surface area contributed by atoms with Crippen molar-refractivity contribution >= 4 is 214 Å². The van der Waals surface area contributed by atoms with E-state index in [1.165, 1.54) is 149 Å². The number of benzene rings is 19. The number of hydrogen-bond donors (Lipinski definition) is 0.